The van der Waals surface area contributed by atoms with Crippen LogP contribution in [0.2, 0.25) is 0 Å². The molecule has 0 fully saturated rings. The summed E-state index contributed by atoms with van der Waals surface area (Å²) in [5.41, 5.74) is 1.15. The Hall–Kier alpha value is -1.61. The first kappa shape index (κ1) is 13.5. The van der Waals surface area contributed by atoms with Crippen LogP contribution in [0.1, 0.15) is 18.9 Å². The first-order chi connectivity index (χ1) is 8.33. The quantitative estimate of drug-likeness (QED) is 0.413. The molecule has 0 aliphatic rings. The molecule has 0 atom stereocenters. The molecule has 3 nitrogen and oxygen atoms in total. The highest BCUT2D eigenvalue weighted by molar-refractivity contribution is 5.81. The van der Waals surface area contributed by atoms with Crippen molar-refractivity contribution >= 4 is 5.97 Å². The van der Waals surface area contributed by atoms with E-state index in [1.807, 2.05) is 30.3 Å². The van der Waals surface area contributed by atoms with Crippen molar-refractivity contribution in [3.63, 3.8) is 0 Å². The van der Waals surface area contributed by atoms with Crippen LogP contribution >= 0.6 is 0 Å². The van der Waals surface area contributed by atoms with Gasteiger partial charge in [-0.15, -0.1) is 0 Å². The average molecular weight is 234 g/mol. The van der Waals surface area contributed by atoms with E-state index in [0.717, 1.165) is 12.0 Å². The molecule has 1 aromatic carbocycles. The van der Waals surface area contributed by atoms with E-state index in [1.165, 1.54) is 6.08 Å². The second-order valence-corrected chi connectivity index (χ2v) is 3.56. The van der Waals surface area contributed by atoms with Gasteiger partial charge < -0.3 is 9.47 Å². The zero-order valence-corrected chi connectivity index (χ0v) is 10.1. The largest absolute Gasteiger partial charge is 0.462 e. The van der Waals surface area contributed by atoms with E-state index in [4.69, 9.17) is 9.47 Å². The standard InChI is InChI=1S/C14H18O3/c1-2-7-14(15)17-11-6-10-16-12-13-8-4-3-5-9-13/h2-5,7-9H,6,10-12H2,1H3. The molecule has 1 rings (SSSR count). The van der Waals surface area contributed by atoms with Gasteiger partial charge in [0.05, 0.1) is 19.8 Å². The molecule has 0 radical (unpaired) electrons. The Morgan fingerprint density at radius 2 is 2.00 bits per heavy atom. The average Bonchev–Trinajstić information content (AvgIpc) is 2.35. The van der Waals surface area contributed by atoms with Gasteiger partial charge in [-0.2, -0.15) is 0 Å². The highest BCUT2D eigenvalue weighted by atomic mass is 16.5. The van der Waals surface area contributed by atoms with Crippen molar-refractivity contribution in [2.24, 2.45) is 0 Å². The Balaban J connectivity index is 2.00. The first-order valence-corrected chi connectivity index (χ1v) is 5.74. The number of allylic oxidation sites excluding steroid dienone is 1. The van der Waals surface area contributed by atoms with Crippen molar-refractivity contribution < 1.29 is 14.3 Å². The van der Waals surface area contributed by atoms with E-state index in [9.17, 15) is 4.79 Å². The molecule has 0 heterocycles. The zero-order valence-electron chi connectivity index (χ0n) is 10.1. The molecule has 0 aliphatic carbocycles. The Morgan fingerprint density at radius 3 is 2.71 bits per heavy atom. The van der Waals surface area contributed by atoms with Gasteiger partial charge in [0.15, 0.2) is 0 Å². The maximum absolute atomic E-state index is 10.9. The van der Waals surface area contributed by atoms with Crippen molar-refractivity contribution in [2.75, 3.05) is 13.2 Å². The van der Waals surface area contributed by atoms with Gasteiger partial charge in [-0.1, -0.05) is 36.4 Å². The van der Waals surface area contributed by atoms with Crippen LogP contribution in [-0.4, -0.2) is 19.2 Å². The Bertz CT molecular complexity index is 344. The van der Waals surface area contributed by atoms with Gasteiger partial charge in [-0.25, -0.2) is 4.79 Å². The minimum Gasteiger partial charge on any atom is -0.462 e. The third kappa shape index (κ3) is 6.53. The molecule has 0 unspecified atom stereocenters. The number of hydrogen-bond donors (Lipinski definition) is 0. The summed E-state index contributed by atoms with van der Waals surface area (Å²) in [5.74, 6) is -0.296. The molecule has 0 amide bonds. The van der Waals surface area contributed by atoms with E-state index in [0.29, 0.717) is 19.8 Å². The van der Waals surface area contributed by atoms with Crippen molar-refractivity contribution in [2.45, 2.75) is 20.0 Å². The van der Waals surface area contributed by atoms with Gasteiger partial charge in [-0.05, 0) is 12.5 Å². The van der Waals surface area contributed by atoms with Crippen molar-refractivity contribution in [3.05, 3.63) is 48.0 Å². The van der Waals surface area contributed by atoms with E-state index in [2.05, 4.69) is 0 Å². The minimum atomic E-state index is -0.296. The van der Waals surface area contributed by atoms with Gasteiger partial charge in [0, 0.05) is 12.5 Å². The fourth-order valence-electron chi connectivity index (χ4n) is 1.28. The lowest BCUT2D eigenvalue weighted by atomic mass is 10.2. The van der Waals surface area contributed by atoms with Crippen LogP contribution in [0.15, 0.2) is 42.5 Å². The summed E-state index contributed by atoms with van der Waals surface area (Å²) in [7, 11) is 0. The number of ether oxygens (including phenoxy) is 2. The topological polar surface area (TPSA) is 35.5 Å². The maximum Gasteiger partial charge on any atom is 0.330 e. The number of hydrogen-bond acceptors (Lipinski definition) is 3. The van der Waals surface area contributed by atoms with Crippen LogP contribution in [0.3, 0.4) is 0 Å². The van der Waals surface area contributed by atoms with Gasteiger partial charge in [0.1, 0.15) is 0 Å². The summed E-state index contributed by atoms with van der Waals surface area (Å²) in [5, 5.41) is 0. The second-order valence-electron chi connectivity index (χ2n) is 3.56. The second kappa shape index (κ2) is 8.53. The van der Waals surface area contributed by atoms with Crippen LogP contribution in [-0.2, 0) is 20.9 Å². The molecule has 1 aromatic rings. The van der Waals surface area contributed by atoms with Gasteiger partial charge in [-0.3, -0.25) is 0 Å². The molecular formula is C14H18O3. The van der Waals surface area contributed by atoms with Gasteiger partial charge >= 0.3 is 5.97 Å². The number of esters is 1. The summed E-state index contributed by atoms with van der Waals surface area (Å²) in [6.07, 6.45) is 3.79. The molecule has 0 bridgehead atoms. The summed E-state index contributed by atoms with van der Waals surface area (Å²) in [4.78, 5) is 10.9. The molecule has 0 aliphatic heterocycles. The van der Waals surface area contributed by atoms with Crippen molar-refractivity contribution in [1.29, 1.82) is 0 Å². The first-order valence-electron chi connectivity index (χ1n) is 5.74. The molecule has 0 saturated carbocycles. The third-order valence-corrected chi connectivity index (χ3v) is 2.09. The van der Waals surface area contributed by atoms with Crippen LogP contribution in [0.5, 0.6) is 0 Å². The maximum atomic E-state index is 10.9. The van der Waals surface area contributed by atoms with E-state index in [1.54, 1.807) is 13.0 Å². The number of carbonyl (C=O) groups excluding carboxylic acids is 1. The molecule has 0 N–H and O–H groups in total. The highest BCUT2D eigenvalue weighted by Gasteiger charge is 1.96. The number of rotatable bonds is 7. The van der Waals surface area contributed by atoms with E-state index in [-0.39, 0.29) is 5.97 Å². The predicted octanol–water partition coefficient (Wildman–Crippen LogP) is 2.71. The molecule has 0 spiro atoms. The van der Waals surface area contributed by atoms with Crippen molar-refractivity contribution in [3.8, 4) is 0 Å². The summed E-state index contributed by atoms with van der Waals surface area (Å²) in [6.45, 7) is 3.38. The highest BCUT2D eigenvalue weighted by Crippen LogP contribution is 2.00. The molecular weight excluding hydrogens is 216 g/mol. The fraction of sp³-hybridized carbons (Fsp3) is 0.357. The molecule has 0 saturated heterocycles. The zero-order chi connectivity index (χ0) is 12.3. The Morgan fingerprint density at radius 1 is 1.24 bits per heavy atom. The molecule has 92 valence electrons. The summed E-state index contributed by atoms with van der Waals surface area (Å²) < 4.78 is 10.4. The smallest absolute Gasteiger partial charge is 0.330 e. The third-order valence-electron chi connectivity index (χ3n) is 2.09. The lowest BCUT2D eigenvalue weighted by molar-refractivity contribution is -0.138. The normalized spacial score (nSPS) is 10.6. The van der Waals surface area contributed by atoms with E-state index < -0.39 is 0 Å². The number of benzene rings is 1. The summed E-state index contributed by atoms with van der Waals surface area (Å²) in [6, 6.07) is 9.98. The molecule has 3 heteroatoms. The molecule has 17 heavy (non-hydrogen) atoms. The number of carbonyl (C=O) groups is 1. The van der Waals surface area contributed by atoms with Crippen LogP contribution in [0.4, 0.5) is 0 Å². The molecule has 0 aromatic heterocycles. The minimum absolute atomic E-state index is 0.296. The van der Waals surface area contributed by atoms with E-state index >= 15 is 0 Å². The fourth-order valence-corrected chi connectivity index (χ4v) is 1.28. The van der Waals surface area contributed by atoms with Crippen LogP contribution in [0.25, 0.3) is 0 Å². The van der Waals surface area contributed by atoms with Gasteiger partial charge in [0.25, 0.3) is 0 Å². The van der Waals surface area contributed by atoms with Gasteiger partial charge in [0.2, 0.25) is 0 Å². The summed E-state index contributed by atoms with van der Waals surface area (Å²) >= 11 is 0. The predicted molar refractivity (Wildman–Crippen MR) is 66.5 cm³/mol. The lowest BCUT2D eigenvalue weighted by Gasteiger charge is -2.04. The SMILES string of the molecule is CC=CC(=O)OCCCOCc1ccccc1. The van der Waals surface area contributed by atoms with Crippen LogP contribution < -0.4 is 0 Å². The Kier molecular flexibility index (Phi) is 6.75. The lowest BCUT2D eigenvalue weighted by Crippen LogP contribution is -2.05. The van der Waals surface area contributed by atoms with Crippen LogP contribution in [0, 0.1) is 0 Å². The monoisotopic (exact) mass is 234 g/mol. The van der Waals surface area contributed by atoms with Crippen molar-refractivity contribution in [1.82, 2.24) is 0 Å². The Labute approximate surface area is 102 Å².